The molecular weight excluding hydrogens is 420 g/mol. The van der Waals surface area contributed by atoms with Crippen molar-refractivity contribution in [3.05, 3.63) is 121 Å². The predicted octanol–water partition coefficient (Wildman–Crippen LogP) is 5.33. The number of nitrogens with two attached hydrogens (primary N) is 1. The SMILES string of the molecule is N#Cc1ccc(-c2cn3ccccc3n2)cc1.NCc1ccc(-c2cn3ccccc3n2)cc1. The Bertz CT molecular complexity index is 1520. The molecule has 2 N–H and O–H groups in total. The van der Waals surface area contributed by atoms with Crippen LogP contribution in [0, 0.1) is 11.3 Å². The summed E-state index contributed by atoms with van der Waals surface area (Å²) in [6, 6.07) is 29.6. The van der Waals surface area contributed by atoms with Gasteiger partial charge in [-0.2, -0.15) is 5.26 Å². The molecule has 0 radical (unpaired) electrons. The van der Waals surface area contributed by atoms with E-state index in [1.54, 1.807) is 12.1 Å². The van der Waals surface area contributed by atoms with Crippen LogP contribution in [-0.2, 0) is 6.54 Å². The highest BCUT2D eigenvalue weighted by atomic mass is 15.0. The third-order valence-electron chi connectivity index (χ3n) is 5.52. The van der Waals surface area contributed by atoms with Crippen LogP contribution in [0.5, 0.6) is 0 Å². The second kappa shape index (κ2) is 9.41. The van der Waals surface area contributed by atoms with Gasteiger partial charge in [-0.15, -0.1) is 0 Å². The summed E-state index contributed by atoms with van der Waals surface area (Å²) in [4.78, 5) is 9.09. The first-order valence-corrected chi connectivity index (χ1v) is 10.9. The van der Waals surface area contributed by atoms with Gasteiger partial charge in [-0.1, -0.05) is 48.5 Å². The third kappa shape index (κ3) is 4.42. The lowest BCUT2D eigenvalue weighted by atomic mass is 10.1. The van der Waals surface area contributed by atoms with E-state index < -0.39 is 0 Å². The van der Waals surface area contributed by atoms with E-state index in [4.69, 9.17) is 11.0 Å². The fraction of sp³-hybridized carbons (Fsp3) is 0.0357. The molecule has 0 spiro atoms. The number of imidazole rings is 2. The molecule has 164 valence electrons. The Kier molecular flexibility index (Phi) is 5.85. The molecule has 0 aliphatic rings. The summed E-state index contributed by atoms with van der Waals surface area (Å²) in [5, 5.41) is 8.74. The van der Waals surface area contributed by atoms with Crippen molar-refractivity contribution < 1.29 is 0 Å². The molecule has 0 bridgehead atoms. The number of hydrogen-bond acceptors (Lipinski definition) is 4. The molecule has 4 heterocycles. The van der Waals surface area contributed by atoms with E-state index in [0.29, 0.717) is 12.1 Å². The van der Waals surface area contributed by atoms with Crippen molar-refractivity contribution in [2.24, 2.45) is 5.73 Å². The smallest absolute Gasteiger partial charge is 0.137 e. The van der Waals surface area contributed by atoms with Crippen LogP contribution in [0.15, 0.2) is 110 Å². The Labute approximate surface area is 197 Å². The summed E-state index contributed by atoms with van der Waals surface area (Å²) in [6.07, 6.45) is 7.99. The van der Waals surface area contributed by atoms with Crippen LogP contribution < -0.4 is 5.73 Å². The van der Waals surface area contributed by atoms with Crippen molar-refractivity contribution in [1.29, 1.82) is 5.26 Å². The summed E-state index contributed by atoms with van der Waals surface area (Å²) >= 11 is 0. The molecule has 0 saturated heterocycles. The van der Waals surface area contributed by atoms with Gasteiger partial charge in [-0.3, -0.25) is 0 Å². The van der Waals surface area contributed by atoms with E-state index in [1.807, 2.05) is 94.3 Å². The maximum Gasteiger partial charge on any atom is 0.137 e. The molecule has 4 aromatic heterocycles. The average Bonchev–Trinajstić information content (AvgIpc) is 3.54. The van der Waals surface area contributed by atoms with E-state index in [-0.39, 0.29) is 0 Å². The van der Waals surface area contributed by atoms with Gasteiger partial charge in [0, 0.05) is 42.5 Å². The lowest BCUT2D eigenvalue weighted by Gasteiger charge is -1.98. The van der Waals surface area contributed by atoms with Crippen LogP contribution in [0.1, 0.15) is 11.1 Å². The van der Waals surface area contributed by atoms with E-state index in [0.717, 1.165) is 39.4 Å². The first-order valence-electron chi connectivity index (χ1n) is 10.9. The highest BCUT2D eigenvalue weighted by molar-refractivity contribution is 5.64. The zero-order valence-electron chi connectivity index (χ0n) is 18.4. The standard InChI is InChI=1S/C14H13N3.C14H9N3/c2*15-9-11-4-6-12(7-5-11)13-10-17-8-2-1-3-14(17)16-13/h1-8,10H,9,15H2;1-8,10H. The quantitative estimate of drug-likeness (QED) is 0.401. The number of benzene rings is 2. The van der Waals surface area contributed by atoms with Gasteiger partial charge >= 0.3 is 0 Å². The second-order valence-corrected chi connectivity index (χ2v) is 7.77. The van der Waals surface area contributed by atoms with Gasteiger partial charge in [0.15, 0.2) is 0 Å². The molecule has 0 atom stereocenters. The molecule has 0 aliphatic carbocycles. The fourth-order valence-corrected chi connectivity index (χ4v) is 3.67. The van der Waals surface area contributed by atoms with Crippen molar-refractivity contribution in [1.82, 2.24) is 18.8 Å². The van der Waals surface area contributed by atoms with Crippen LogP contribution in [0.25, 0.3) is 33.8 Å². The largest absolute Gasteiger partial charge is 0.326 e. The number of aromatic nitrogens is 4. The van der Waals surface area contributed by atoms with E-state index in [9.17, 15) is 0 Å². The maximum absolute atomic E-state index is 8.74. The molecule has 0 aliphatic heterocycles. The number of hydrogen-bond donors (Lipinski definition) is 1. The van der Waals surface area contributed by atoms with Crippen LogP contribution in [0.3, 0.4) is 0 Å². The van der Waals surface area contributed by atoms with Gasteiger partial charge in [-0.25, -0.2) is 9.97 Å². The summed E-state index contributed by atoms with van der Waals surface area (Å²) < 4.78 is 4.00. The molecule has 0 amide bonds. The fourth-order valence-electron chi connectivity index (χ4n) is 3.67. The third-order valence-corrected chi connectivity index (χ3v) is 5.52. The molecule has 34 heavy (non-hydrogen) atoms. The topological polar surface area (TPSA) is 84.4 Å². The van der Waals surface area contributed by atoms with Gasteiger partial charge in [0.1, 0.15) is 11.3 Å². The molecule has 6 aromatic rings. The molecule has 0 unspecified atom stereocenters. The van der Waals surface area contributed by atoms with Crippen molar-refractivity contribution in [2.45, 2.75) is 6.54 Å². The first-order chi connectivity index (χ1) is 16.7. The lowest BCUT2D eigenvalue weighted by Crippen LogP contribution is -1.95. The molecule has 6 heteroatoms. The molecule has 0 fully saturated rings. The minimum Gasteiger partial charge on any atom is -0.326 e. The highest BCUT2D eigenvalue weighted by Crippen LogP contribution is 2.20. The van der Waals surface area contributed by atoms with Crippen LogP contribution in [0.4, 0.5) is 0 Å². The number of nitriles is 1. The Hall–Kier alpha value is -4.73. The normalized spacial score (nSPS) is 10.6. The van der Waals surface area contributed by atoms with E-state index >= 15 is 0 Å². The minimum absolute atomic E-state index is 0.575. The number of rotatable bonds is 3. The maximum atomic E-state index is 8.74. The summed E-state index contributed by atoms with van der Waals surface area (Å²) in [5.74, 6) is 0. The zero-order valence-corrected chi connectivity index (χ0v) is 18.4. The van der Waals surface area contributed by atoms with E-state index in [1.165, 1.54) is 0 Å². The average molecular weight is 443 g/mol. The molecule has 6 rings (SSSR count). The van der Waals surface area contributed by atoms with Crippen molar-refractivity contribution in [3.8, 4) is 28.6 Å². The molecule has 6 nitrogen and oxygen atoms in total. The summed E-state index contributed by atoms with van der Waals surface area (Å²) in [7, 11) is 0. The number of pyridine rings is 2. The van der Waals surface area contributed by atoms with E-state index in [2.05, 4.69) is 28.2 Å². The number of fused-ring (bicyclic) bond motifs is 2. The van der Waals surface area contributed by atoms with Gasteiger partial charge in [-0.05, 0) is 42.0 Å². The second-order valence-electron chi connectivity index (χ2n) is 7.77. The zero-order chi connectivity index (χ0) is 23.3. The lowest BCUT2D eigenvalue weighted by molar-refractivity contribution is 1.07. The van der Waals surface area contributed by atoms with Gasteiger partial charge in [0.05, 0.1) is 23.0 Å². The molecular formula is C28H22N6. The van der Waals surface area contributed by atoms with Gasteiger partial charge in [0.2, 0.25) is 0 Å². The van der Waals surface area contributed by atoms with Crippen molar-refractivity contribution in [2.75, 3.05) is 0 Å². The Morgan fingerprint density at radius 3 is 1.62 bits per heavy atom. The van der Waals surface area contributed by atoms with Crippen LogP contribution >= 0.6 is 0 Å². The Balaban J connectivity index is 0.000000142. The van der Waals surface area contributed by atoms with Crippen LogP contribution in [0.2, 0.25) is 0 Å². The number of nitrogens with zero attached hydrogens (tertiary/aromatic N) is 5. The van der Waals surface area contributed by atoms with Gasteiger partial charge in [0.25, 0.3) is 0 Å². The van der Waals surface area contributed by atoms with Crippen LogP contribution in [-0.4, -0.2) is 18.8 Å². The van der Waals surface area contributed by atoms with Crippen molar-refractivity contribution >= 4 is 11.3 Å². The minimum atomic E-state index is 0.575. The van der Waals surface area contributed by atoms with Crippen molar-refractivity contribution in [3.63, 3.8) is 0 Å². The first kappa shape index (κ1) is 21.1. The Morgan fingerprint density at radius 2 is 1.18 bits per heavy atom. The highest BCUT2D eigenvalue weighted by Gasteiger charge is 2.04. The Morgan fingerprint density at radius 1 is 0.676 bits per heavy atom. The monoisotopic (exact) mass is 442 g/mol. The molecule has 0 saturated carbocycles. The summed E-state index contributed by atoms with van der Waals surface area (Å²) in [6.45, 7) is 0.575. The van der Waals surface area contributed by atoms with Gasteiger partial charge < -0.3 is 14.5 Å². The summed E-state index contributed by atoms with van der Waals surface area (Å²) in [5.41, 5.74) is 13.3. The predicted molar refractivity (Wildman–Crippen MR) is 134 cm³/mol. The molecule has 2 aromatic carbocycles.